The van der Waals surface area contributed by atoms with Crippen LogP contribution in [-0.4, -0.2) is 38.5 Å². The predicted octanol–water partition coefficient (Wildman–Crippen LogP) is 6.79. The van der Waals surface area contributed by atoms with E-state index in [-0.39, 0.29) is 24.3 Å². The second-order valence-electron chi connectivity index (χ2n) is 11.2. The zero-order chi connectivity index (χ0) is 28.4. The molecule has 1 saturated heterocycles. The minimum Gasteiger partial charge on any atom is -0.481 e. The molecule has 0 radical (unpaired) electrons. The SMILES string of the molecule is CC1(CC(=O)O)CC(c2cccc(Cl)c2)C(c2ccc(Cl)cc2)N(CCCc2cccc(C(C)(C)O)n2)C1=O. The first kappa shape index (κ1) is 29.1. The van der Waals surface area contributed by atoms with Gasteiger partial charge in [-0.2, -0.15) is 0 Å². The van der Waals surface area contributed by atoms with Gasteiger partial charge in [0.25, 0.3) is 0 Å². The van der Waals surface area contributed by atoms with Crippen molar-refractivity contribution in [2.75, 3.05) is 6.54 Å². The molecule has 0 aliphatic carbocycles. The number of rotatable bonds is 9. The predicted molar refractivity (Wildman–Crippen MR) is 153 cm³/mol. The van der Waals surface area contributed by atoms with E-state index in [9.17, 15) is 19.8 Å². The number of carbonyl (C=O) groups is 2. The summed E-state index contributed by atoms with van der Waals surface area (Å²) in [5.41, 5.74) is 1.15. The van der Waals surface area contributed by atoms with E-state index in [0.29, 0.717) is 41.5 Å². The molecule has 3 unspecified atom stereocenters. The number of hydrogen-bond donors (Lipinski definition) is 2. The number of aliphatic carboxylic acids is 1. The van der Waals surface area contributed by atoms with Crippen LogP contribution in [0.1, 0.15) is 74.5 Å². The molecule has 0 saturated carbocycles. The summed E-state index contributed by atoms with van der Waals surface area (Å²) in [7, 11) is 0. The molecule has 39 heavy (non-hydrogen) atoms. The van der Waals surface area contributed by atoms with Crippen molar-refractivity contribution in [3.05, 3.63) is 99.3 Å². The van der Waals surface area contributed by atoms with Crippen molar-refractivity contribution in [1.29, 1.82) is 0 Å². The molecule has 0 spiro atoms. The molecule has 2 N–H and O–H groups in total. The summed E-state index contributed by atoms with van der Waals surface area (Å²) in [4.78, 5) is 32.4. The van der Waals surface area contributed by atoms with Gasteiger partial charge in [-0.25, -0.2) is 0 Å². The second kappa shape index (κ2) is 11.7. The Morgan fingerprint density at radius 2 is 1.74 bits per heavy atom. The highest BCUT2D eigenvalue weighted by molar-refractivity contribution is 6.30. The number of carboxylic acids is 1. The van der Waals surface area contributed by atoms with Crippen molar-refractivity contribution in [2.45, 2.75) is 64.0 Å². The molecule has 0 bridgehead atoms. The van der Waals surface area contributed by atoms with Gasteiger partial charge < -0.3 is 15.1 Å². The minimum atomic E-state index is -1.08. The summed E-state index contributed by atoms with van der Waals surface area (Å²) >= 11 is 12.6. The Bertz CT molecular complexity index is 1340. The lowest BCUT2D eigenvalue weighted by molar-refractivity contribution is -0.157. The maximum absolute atomic E-state index is 14.1. The van der Waals surface area contributed by atoms with E-state index in [1.54, 1.807) is 32.9 Å². The van der Waals surface area contributed by atoms with E-state index in [1.165, 1.54) is 0 Å². The van der Waals surface area contributed by atoms with Gasteiger partial charge in [0.15, 0.2) is 0 Å². The van der Waals surface area contributed by atoms with Gasteiger partial charge in [0.1, 0.15) is 5.60 Å². The van der Waals surface area contributed by atoms with Gasteiger partial charge >= 0.3 is 5.97 Å². The van der Waals surface area contributed by atoms with Gasteiger partial charge in [-0.15, -0.1) is 0 Å². The number of nitrogens with zero attached hydrogens (tertiary/aromatic N) is 2. The van der Waals surface area contributed by atoms with E-state index in [1.807, 2.05) is 59.5 Å². The van der Waals surface area contributed by atoms with Crippen LogP contribution < -0.4 is 0 Å². The van der Waals surface area contributed by atoms with Gasteiger partial charge in [0, 0.05) is 28.2 Å². The lowest BCUT2D eigenvalue weighted by Crippen LogP contribution is -2.52. The van der Waals surface area contributed by atoms with Crippen molar-refractivity contribution in [1.82, 2.24) is 9.88 Å². The maximum atomic E-state index is 14.1. The van der Waals surface area contributed by atoms with Gasteiger partial charge in [0.2, 0.25) is 5.91 Å². The smallest absolute Gasteiger partial charge is 0.304 e. The fourth-order valence-corrected chi connectivity index (χ4v) is 5.92. The Hall–Kier alpha value is -2.93. The van der Waals surface area contributed by atoms with E-state index in [2.05, 4.69) is 4.98 Å². The van der Waals surface area contributed by atoms with Crippen LogP contribution in [0.2, 0.25) is 10.0 Å². The third-order valence-corrected chi connectivity index (χ3v) is 7.95. The molecule has 1 aliphatic heterocycles. The van der Waals surface area contributed by atoms with Crippen LogP contribution in [0.25, 0.3) is 0 Å². The maximum Gasteiger partial charge on any atom is 0.304 e. The molecule has 2 aromatic carbocycles. The van der Waals surface area contributed by atoms with Crippen molar-refractivity contribution in [3.63, 3.8) is 0 Å². The zero-order valence-electron chi connectivity index (χ0n) is 22.4. The van der Waals surface area contributed by atoms with Crippen molar-refractivity contribution < 1.29 is 19.8 Å². The number of carbonyl (C=O) groups excluding carboxylic acids is 1. The number of aliphatic hydroxyl groups is 1. The molecule has 1 amide bonds. The molecule has 1 fully saturated rings. The van der Waals surface area contributed by atoms with Crippen LogP contribution in [0.3, 0.4) is 0 Å². The average Bonchev–Trinajstić information content (AvgIpc) is 2.86. The molecular formula is C31H34Cl2N2O4. The van der Waals surface area contributed by atoms with Gasteiger partial charge in [-0.1, -0.05) is 60.5 Å². The summed E-state index contributed by atoms with van der Waals surface area (Å²) in [5.74, 6) is -1.36. The number of aromatic nitrogens is 1. The van der Waals surface area contributed by atoms with Crippen LogP contribution >= 0.6 is 23.2 Å². The normalized spacial score (nSPS) is 21.7. The summed E-state index contributed by atoms with van der Waals surface area (Å²) in [6.07, 6.45) is 1.32. The Kier molecular flexibility index (Phi) is 8.69. The highest BCUT2D eigenvalue weighted by atomic mass is 35.5. The summed E-state index contributed by atoms with van der Waals surface area (Å²) < 4.78 is 0. The van der Waals surface area contributed by atoms with Crippen LogP contribution in [0.15, 0.2) is 66.7 Å². The topological polar surface area (TPSA) is 90.7 Å². The molecule has 2 heterocycles. The third kappa shape index (κ3) is 6.81. The van der Waals surface area contributed by atoms with Crippen LogP contribution in [0.4, 0.5) is 0 Å². The number of aryl methyl sites for hydroxylation is 1. The molecule has 4 rings (SSSR count). The van der Waals surface area contributed by atoms with Crippen molar-refractivity contribution in [3.8, 4) is 0 Å². The van der Waals surface area contributed by atoms with Crippen molar-refractivity contribution >= 4 is 35.1 Å². The second-order valence-corrected chi connectivity index (χ2v) is 12.0. The van der Waals surface area contributed by atoms with Gasteiger partial charge in [-0.05, 0) is 80.6 Å². The van der Waals surface area contributed by atoms with E-state index >= 15 is 0 Å². The number of piperidine rings is 1. The lowest BCUT2D eigenvalue weighted by atomic mass is 9.67. The molecule has 3 atom stereocenters. The largest absolute Gasteiger partial charge is 0.481 e. The number of amides is 1. The lowest BCUT2D eigenvalue weighted by Gasteiger charge is -2.49. The molecular weight excluding hydrogens is 535 g/mol. The summed E-state index contributed by atoms with van der Waals surface area (Å²) in [5, 5.41) is 21.3. The van der Waals surface area contributed by atoms with Crippen LogP contribution in [-0.2, 0) is 21.6 Å². The van der Waals surface area contributed by atoms with E-state index < -0.39 is 17.0 Å². The fourth-order valence-electron chi connectivity index (χ4n) is 5.60. The minimum absolute atomic E-state index is 0.177. The molecule has 6 nitrogen and oxygen atoms in total. The Morgan fingerprint density at radius 1 is 1.05 bits per heavy atom. The van der Waals surface area contributed by atoms with Crippen LogP contribution in [0.5, 0.6) is 0 Å². The molecule has 8 heteroatoms. The van der Waals surface area contributed by atoms with Gasteiger partial charge in [0.05, 0.1) is 23.6 Å². The van der Waals surface area contributed by atoms with Crippen LogP contribution in [0, 0.1) is 5.41 Å². The number of carboxylic acid groups (broad SMARTS) is 1. The summed E-state index contributed by atoms with van der Waals surface area (Å²) in [6.45, 7) is 5.55. The number of likely N-dealkylation sites (tertiary alicyclic amines) is 1. The standard InChI is InChI=1S/C31H34Cl2N2O4/c1-30(2,39)26-11-5-9-24(34-26)10-6-16-35-28(20-12-14-22(32)15-13-20)25(21-7-4-8-23(33)17-21)18-31(3,29(35)38)19-27(36)37/h4-5,7-9,11-15,17,25,28,39H,6,10,16,18-19H2,1-3H3,(H,36,37). The Morgan fingerprint density at radius 3 is 2.38 bits per heavy atom. The highest BCUT2D eigenvalue weighted by Gasteiger charge is 2.50. The number of benzene rings is 2. The van der Waals surface area contributed by atoms with E-state index in [4.69, 9.17) is 23.2 Å². The Labute approximate surface area is 239 Å². The molecule has 1 aromatic heterocycles. The quantitative estimate of drug-likeness (QED) is 0.296. The first-order valence-electron chi connectivity index (χ1n) is 13.1. The van der Waals surface area contributed by atoms with E-state index in [0.717, 1.165) is 16.8 Å². The zero-order valence-corrected chi connectivity index (χ0v) is 23.9. The first-order chi connectivity index (χ1) is 18.4. The monoisotopic (exact) mass is 568 g/mol. The first-order valence-corrected chi connectivity index (χ1v) is 13.9. The fraction of sp³-hybridized carbons (Fsp3) is 0.387. The third-order valence-electron chi connectivity index (χ3n) is 7.46. The summed E-state index contributed by atoms with van der Waals surface area (Å²) in [6, 6.07) is 20.3. The van der Waals surface area contributed by atoms with Crippen molar-refractivity contribution in [2.24, 2.45) is 5.41 Å². The Balaban J connectivity index is 1.72. The van der Waals surface area contributed by atoms with Gasteiger partial charge in [-0.3, -0.25) is 14.6 Å². The molecule has 3 aromatic rings. The average molecular weight is 570 g/mol. The number of hydrogen-bond acceptors (Lipinski definition) is 4. The molecule has 206 valence electrons. The number of pyridine rings is 1. The number of halogens is 2. The molecule has 1 aliphatic rings. The highest BCUT2D eigenvalue weighted by Crippen LogP contribution is 2.51.